The number of hydrogen-bond donors (Lipinski definition) is 1. The van der Waals surface area contributed by atoms with Gasteiger partial charge < -0.3 is 4.90 Å². The first-order valence-electron chi connectivity index (χ1n) is 10.2. The van der Waals surface area contributed by atoms with E-state index in [1.807, 2.05) is 0 Å². The number of aromatic nitrogens is 1. The van der Waals surface area contributed by atoms with Crippen LogP contribution in [0, 0.1) is 0 Å². The zero-order valence-corrected chi connectivity index (χ0v) is 18.3. The van der Waals surface area contributed by atoms with Crippen molar-refractivity contribution in [1.82, 2.24) is 4.98 Å². The smallest absolute Gasteiger partial charge is 0.309 e. The Hall–Kier alpha value is -3.46. The van der Waals surface area contributed by atoms with Crippen LogP contribution >= 0.6 is 11.3 Å². The standard InChI is InChI=1S/C24H20F3N3O2S/c1-2-21(31)30-10-4-6-16-13-17(8-9-20(16)30)22(32)29-23-28-14-19(33-23)12-15-5-3-7-18(11-15)24(25,26)27/h2-3,5,7-9,11,13-14H,1,4,6,10,12H2,(H,28,29,32). The van der Waals surface area contributed by atoms with Gasteiger partial charge in [0.1, 0.15) is 0 Å². The molecule has 170 valence electrons. The van der Waals surface area contributed by atoms with E-state index in [0.717, 1.165) is 41.1 Å². The number of nitrogens with one attached hydrogen (secondary N) is 1. The minimum absolute atomic E-state index is 0.177. The summed E-state index contributed by atoms with van der Waals surface area (Å²) >= 11 is 1.21. The average Bonchev–Trinajstić information content (AvgIpc) is 3.23. The van der Waals surface area contributed by atoms with Crippen molar-refractivity contribution in [3.63, 3.8) is 0 Å². The normalized spacial score (nSPS) is 13.4. The SMILES string of the molecule is C=CC(=O)N1CCCc2cc(C(=O)Nc3ncc(Cc4cccc(C(F)(F)F)c4)s3)ccc21. The molecule has 33 heavy (non-hydrogen) atoms. The summed E-state index contributed by atoms with van der Waals surface area (Å²) in [7, 11) is 0. The molecule has 0 aliphatic carbocycles. The molecule has 0 saturated carbocycles. The molecule has 2 heterocycles. The van der Waals surface area contributed by atoms with Crippen LogP contribution in [-0.2, 0) is 23.8 Å². The molecule has 0 saturated heterocycles. The largest absolute Gasteiger partial charge is 0.416 e. The number of nitrogens with zero attached hydrogens (tertiary/aromatic N) is 2. The second-order valence-electron chi connectivity index (χ2n) is 7.60. The van der Waals surface area contributed by atoms with Crippen LogP contribution < -0.4 is 10.2 Å². The molecule has 4 rings (SSSR count). The number of alkyl halides is 3. The highest BCUT2D eigenvalue weighted by Gasteiger charge is 2.30. The van der Waals surface area contributed by atoms with Gasteiger partial charge in [0.25, 0.3) is 5.91 Å². The lowest BCUT2D eigenvalue weighted by molar-refractivity contribution is -0.137. The van der Waals surface area contributed by atoms with Gasteiger partial charge in [0.2, 0.25) is 5.91 Å². The van der Waals surface area contributed by atoms with Crippen molar-refractivity contribution in [3.05, 3.63) is 88.4 Å². The maximum atomic E-state index is 12.9. The summed E-state index contributed by atoms with van der Waals surface area (Å²) in [4.78, 5) is 31.3. The molecule has 5 nitrogen and oxygen atoms in total. The van der Waals surface area contributed by atoms with E-state index in [4.69, 9.17) is 0 Å². The van der Waals surface area contributed by atoms with Crippen LogP contribution in [0.2, 0.25) is 0 Å². The van der Waals surface area contributed by atoms with Crippen LogP contribution in [0.25, 0.3) is 0 Å². The van der Waals surface area contributed by atoms with Crippen LogP contribution in [0.3, 0.4) is 0 Å². The topological polar surface area (TPSA) is 62.3 Å². The maximum Gasteiger partial charge on any atom is 0.416 e. The molecule has 1 aromatic heterocycles. The number of carbonyl (C=O) groups is 2. The molecule has 1 aliphatic rings. The van der Waals surface area contributed by atoms with E-state index in [0.29, 0.717) is 22.8 Å². The number of benzene rings is 2. The summed E-state index contributed by atoms with van der Waals surface area (Å²) in [5.74, 6) is -0.519. The van der Waals surface area contributed by atoms with E-state index in [1.54, 1.807) is 35.4 Å². The molecule has 0 fully saturated rings. The van der Waals surface area contributed by atoms with Gasteiger partial charge >= 0.3 is 6.18 Å². The van der Waals surface area contributed by atoms with Gasteiger partial charge in [0.15, 0.2) is 5.13 Å². The van der Waals surface area contributed by atoms with Crippen molar-refractivity contribution in [1.29, 1.82) is 0 Å². The molecule has 3 aromatic rings. The molecular weight excluding hydrogens is 451 g/mol. The molecule has 0 radical (unpaired) electrons. The van der Waals surface area contributed by atoms with E-state index in [2.05, 4.69) is 16.9 Å². The van der Waals surface area contributed by atoms with Crippen molar-refractivity contribution in [2.75, 3.05) is 16.8 Å². The average molecular weight is 472 g/mol. The molecule has 0 unspecified atom stereocenters. The Kier molecular flexibility index (Phi) is 6.33. The Bertz CT molecular complexity index is 1220. The van der Waals surface area contributed by atoms with Gasteiger partial charge in [0.05, 0.1) is 5.56 Å². The lowest BCUT2D eigenvalue weighted by atomic mass is 9.99. The first-order valence-corrected chi connectivity index (χ1v) is 11.1. The van der Waals surface area contributed by atoms with Crippen LogP contribution in [0.5, 0.6) is 0 Å². The molecule has 2 amide bonds. The van der Waals surface area contributed by atoms with Crippen molar-refractivity contribution in [2.24, 2.45) is 0 Å². The highest BCUT2D eigenvalue weighted by molar-refractivity contribution is 7.15. The second kappa shape index (κ2) is 9.19. The fourth-order valence-corrected chi connectivity index (χ4v) is 4.59. The molecule has 0 bridgehead atoms. The van der Waals surface area contributed by atoms with Crippen LogP contribution in [-0.4, -0.2) is 23.3 Å². The van der Waals surface area contributed by atoms with Gasteiger partial charge in [-0.3, -0.25) is 14.9 Å². The van der Waals surface area contributed by atoms with Crippen LogP contribution in [0.15, 0.2) is 61.3 Å². The van der Waals surface area contributed by atoms with Gasteiger partial charge in [-0.2, -0.15) is 13.2 Å². The van der Waals surface area contributed by atoms with Gasteiger partial charge in [-0.25, -0.2) is 4.98 Å². The first kappa shape index (κ1) is 22.7. The molecule has 2 aromatic carbocycles. The maximum absolute atomic E-state index is 12.9. The predicted octanol–water partition coefficient (Wildman–Crippen LogP) is 5.47. The predicted molar refractivity (Wildman–Crippen MR) is 122 cm³/mol. The Labute approximate surface area is 192 Å². The van der Waals surface area contributed by atoms with Crippen LogP contribution in [0.1, 0.15) is 38.3 Å². The fourth-order valence-electron chi connectivity index (χ4n) is 3.75. The molecule has 0 atom stereocenters. The summed E-state index contributed by atoms with van der Waals surface area (Å²) in [5, 5.41) is 3.11. The van der Waals surface area contributed by atoms with Gasteiger partial charge in [-0.1, -0.05) is 24.8 Å². The number of amides is 2. The lowest BCUT2D eigenvalue weighted by Gasteiger charge is -2.28. The number of carbonyl (C=O) groups excluding carboxylic acids is 2. The number of hydrogen-bond acceptors (Lipinski definition) is 4. The summed E-state index contributed by atoms with van der Waals surface area (Å²) < 4.78 is 38.8. The van der Waals surface area contributed by atoms with E-state index in [-0.39, 0.29) is 18.2 Å². The molecular formula is C24H20F3N3O2S. The van der Waals surface area contributed by atoms with E-state index in [1.165, 1.54) is 23.5 Å². The third-order valence-corrected chi connectivity index (χ3v) is 6.22. The van der Waals surface area contributed by atoms with Crippen molar-refractivity contribution >= 4 is 34.0 Å². The monoisotopic (exact) mass is 471 g/mol. The van der Waals surface area contributed by atoms with Gasteiger partial charge in [-0.05, 0) is 54.3 Å². The highest BCUT2D eigenvalue weighted by atomic mass is 32.1. The fraction of sp³-hybridized carbons (Fsp3) is 0.208. The number of thiazole rings is 1. The molecule has 9 heteroatoms. The zero-order chi connectivity index (χ0) is 23.6. The number of halogens is 3. The summed E-state index contributed by atoms with van der Waals surface area (Å²) in [6.07, 6.45) is 0.261. The van der Waals surface area contributed by atoms with Crippen molar-refractivity contribution in [3.8, 4) is 0 Å². The summed E-state index contributed by atoms with van der Waals surface area (Å²) in [6.45, 7) is 4.14. The van der Waals surface area contributed by atoms with Gasteiger partial charge in [-0.15, -0.1) is 11.3 Å². The number of rotatable bonds is 5. The van der Waals surface area contributed by atoms with E-state index in [9.17, 15) is 22.8 Å². The Balaban J connectivity index is 1.45. The number of aryl methyl sites for hydroxylation is 1. The third kappa shape index (κ3) is 5.14. The minimum Gasteiger partial charge on any atom is -0.309 e. The molecule has 1 N–H and O–H groups in total. The quantitative estimate of drug-likeness (QED) is 0.502. The minimum atomic E-state index is -4.40. The zero-order valence-electron chi connectivity index (χ0n) is 17.5. The molecule has 1 aliphatic heterocycles. The Morgan fingerprint density at radius 1 is 1.21 bits per heavy atom. The highest BCUT2D eigenvalue weighted by Crippen LogP contribution is 2.31. The Morgan fingerprint density at radius 3 is 2.79 bits per heavy atom. The number of fused-ring (bicyclic) bond motifs is 1. The van der Waals surface area contributed by atoms with E-state index >= 15 is 0 Å². The van der Waals surface area contributed by atoms with Crippen LogP contribution in [0.4, 0.5) is 24.0 Å². The van der Waals surface area contributed by atoms with Crippen molar-refractivity contribution < 1.29 is 22.8 Å². The van der Waals surface area contributed by atoms with E-state index < -0.39 is 11.7 Å². The first-order chi connectivity index (χ1) is 15.7. The number of anilines is 2. The Morgan fingerprint density at radius 2 is 2.03 bits per heavy atom. The molecule has 0 spiro atoms. The van der Waals surface area contributed by atoms with Crippen molar-refractivity contribution in [2.45, 2.75) is 25.4 Å². The lowest BCUT2D eigenvalue weighted by Crippen LogP contribution is -2.34. The summed E-state index contributed by atoms with van der Waals surface area (Å²) in [6, 6.07) is 10.3. The van der Waals surface area contributed by atoms with Gasteiger partial charge in [0, 0.05) is 35.3 Å². The third-order valence-electron chi connectivity index (χ3n) is 5.31. The summed E-state index contributed by atoms with van der Waals surface area (Å²) in [5.41, 5.74) is 1.95. The second-order valence-corrected chi connectivity index (χ2v) is 8.72.